The maximum absolute atomic E-state index is 13.2. The van der Waals surface area contributed by atoms with Gasteiger partial charge in [-0.2, -0.15) is 0 Å². The monoisotopic (exact) mass is 530 g/mol. The molecular formula is C26H22N6O3S2. The molecular weight excluding hydrogens is 508 g/mol. The van der Waals surface area contributed by atoms with Crippen LogP contribution in [0, 0.1) is 6.92 Å². The maximum atomic E-state index is 13.2. The van der Waals surface area contributed by atoms with Crippen LogP contribution in [0.5, 0.6) is 0 Å². The van der Waals surface area contributed by atoms with Gasteiger partial charge >= 0.3 is 0 Å². The van der Waals surface area contributed by atoms with Crippen molar-refractivity contribution in [3.63, 3.8) is 0 Å². The lowest BCUT2D eigenvalue weighted by atomic mass is 10.2. The molecule has 2 aromatic heterocycles. The third kappa shape index (κ3) is 7.82. The average molecular weight is 531 g/mol. The van der Waals surface area contributed by atoms with Crippen LogP contribution in [0.1, 0.15) is 20.9 Å². The molecule has 0 atom stereocenters. The zero-order chi connectivity index (χ0) is 26.0. The predicted molar refractivity (Wildman–Crippen MR) is 145 cm³/mol. The van der Waals surface area contributed by atoms with E-state index in [2.05, 4.69) is 31.1 Å². The van der Waals surface area contributed by atoms with Crippen LogP contribution in [0.25, 0.3) is 6.08 Å². The Morgan fingerprint density at radius 2 is 1.81 bits per heavy atom. The van der Waals surface area contributed by atoms with Crippen LogP contribution in [0.15, 0.2) is 89.7 Å². The summed E-state index contributed by atoms with van der Waals surface area (Å²) in [5.41, 5.74) is 1.66. The molecule has 0 aliphatic rings. The van der Waals surface area contributed by atoms with E-state index in [0.717, 1.165) is 9.90 Å². The third-order valence-corrected chi connectivity index (χ3v) is 6.51. The molecule has 3 amide bonds. The van der Waals surface area contributed by atoms with Crippen LogP contribution in [0.3, 0.4) is 0 Å². The van der Waals surface area contributed by atoms with Crippen molar-refractivity contribution in [1.82, 2.24) is 20.5 Å². The number of anilines is 2. The minimum absolute atomic E-state index is 0.0617. The summed E-state index contributed by atoms with van der Waals surface area (Å²) in [7, 11) is 0. The second-order valence-corrected chi connectivity index (χ2v) is 9.84. The number of aromatic nitrogens is 3. The number of amides is 3. The summed E-state index contributed by atoms with van der Waals surface area (Å²) in [6.45, 7) is 1.81. The molecule has 0 unspecified atom stereocenters. The van der Waals surface area contributed by atoms with E-state index in [-0.39, 0.29) is 17.4 Å². The number of thioether (sulfide) groups is 1. The number of carbonyl (C=O) groups excluding carboxylic acids is 3. The lowest BCUT2D eigenvalue weighted by Gasteiger charge is -2.12. The van der Waals surface area contributed by atoms with E-state index in [1.165, 1.54) is 23.1 Å². The van der Waals surface area contributed by atoms with Gasteiger partial charge in [-0.1, -0.05) is 41.7 Å². The van der Waals surface area contributed by atoms with E-state index in [4.69, 9.17) is 0 Å². The van der Waals surface area contributed by atoms with Gasteiger partial charge in [-0.25, -0.2) is 0 Å². The zero-order valence-electron chi connectivity index (χ0n) is 19.7. The fourth-order valence-electron chi connectivity index (χ4n) is 3.08. The molecule has 0 fully saturated rings. The molecule has 0 aliphatic heterocycles. The number of carbonyl (C=O) groups is 3. The van der Waals surface area contributed by atoms with Gasteiger partial charge < -0.3 is 10.6 Å². The SMILES string of the molecule is Cc1nnc(NC(=O)CSc2cccc(NC(=O)/C(=C/c3cccnc3)NC(=O)c3ccccc3)c2)s1. The average Bonchev–Trinajstić information content (AvgIpc) is 3.32. The van der Waals surface area contributed by atoms with Gasteiger partial charge in [0.15, 0.2) is 0 Å². The highest BCUT2D eigenvalue weighted by atomic mass is 32.2. The fraction of sp³-hybridized carbons (Fsp3) is 0.0769. The molecule has 0 radical (unpaired) electrons. The molecule has 9 nitrogen and oxygen atoms in total. The standard InChI is InChI=1S/C26H22N6O3S2/c1-17-31-32-26(37-17)30-23(33)16-36-21-11-5-10-20(14-21)28-25(35)22(13-18-7-6-12-27-15-18)29-24(34)19-8-3-2-4-9-19/h2-15H,16H2,1H3,(H,28,35)(H,29,34)(H,30,32,33)/b22-13-. The van der Waals surface area contributed by atoms with Gasteiger partial charge in [-0.3, -0.25) is 24.7 Å². The first-order valence-corrected chi connectivity index (χ1v) is 12.9. The Morgan fingerprint density at radius 3 is 2.54 bits per heavy atom. The minimum Gasteiger partial charge on any atom is -0.321 e. The van der Waals surface area contributed by atoms with Crippen molar-refractivity contribution in [2.45, 2.75) is 11.8 Å². The molecule has 11 heteroatoms. The smallest absolute Gasteiger partial charge is 0.272 e. The highest BCUT2D eigenvalue weighted by Gasteiger charge is 2.15. The lowest BCUT2D eigenvalue weighted by molar-refractivity contribution is -0.114. The first kappa shape index (κ1) is 25.7. The van der Waals surface area contributed by atoms with Crippen LogP contribution < -0.4 is 16.0 Å². The van der Waals surface area contributed by atoms with Crippen molar-refractivity contribution in [2.75, 3.05) is 16.4 Å². The van der Waals surface area contributed by atoms with E-state index >= 15 is 0 Å². The van der Waals surface area contributed by atoms with Gasteiger partial charge in [0.25, 0.3) is 11.8 Å². The Morgan fingerprint density at radius 1 is 0.973 bits per heavy atom. The minimum atomic E-state index is -0.500. The highest BCUT2D eigenvalue weighted by molar-refractivity contribution is 8.00. The quantitative estimate of drug-likeness (QED) is 0.217. The Bertz CT molecular complexity index is 1420. The molecule has 0 spiro atoms. The Labute approximate surface area is 221 Å². The van der Waals surface area contributed by atoms with E-state index in [1.54, 1.807) is 73.1 Å². The highest BCUT2D eigenvalue weighted by Crippen LogP contribution is 2.23. The summed E-state index contributed by atoms with van der Waals surface area (Å²) >= 11 is 2.62. The normalized spacial score (nSPS) is 11.0. The molecule has 0 saturated carbocycles. The summed E-state index contributed by atoms with van der Waals surface area (Å²) in [6, 6.07) is 19.2. The molecule has 37 heavy (non-hydrogen) atoms. The van der Waals surface area contributed by atoms with Gasteiger partial charge in [0.2, 0.25) is 11.0 Å². The van der Waals surface area contributed by atoms with Crippen LogP contribution in [0.4, 0.5) is 10.8 Å². The Hall–Kier alpha value is -4.35. The number of nitrogens with zero attached hydrogens (tertiary/aromatic N) is 3. The third-order valence-electron chi connectivity index (χ3n) is 4.76. The van der Waals surface area contributed by atoms with Gasteiger partial charge in [0.1, 0.15) is 10.7 Å². The molecule has 0 aliphatic carbocycles. The predicted octanol–water partition coefficient (Wildman–Crippen LogP) is 4.38. The number of nitrogens with one attached hydrogen (secondary N) is 3. The fourth-order valence-corrected chi connectivity index (χ4v) is 4.45. The molecule has 2 aromatic carbocycles. The molecule has 4 aromatic rings. The molecule has 3 N–H and O–H groups in total. The van der Waals surface area contributed by atoms with E-state index in [0.29, 0.717) is 21.9 Å². The van der Waals surface area contributed by atoms with Crippen LogP contribution in [-0.2, 0) is 9.59 Å². The number of hydrogen-bond donors (Lipinski definition) is 3. The molecule has 4 rings (SSSR count). The number of rotatable bonds is 9. The van der Waals surface area contributed by atoms with E-state index < -0.39 is 11.8 Å². The number of benzene rings is 2. The molecule has 2 heterocycles. The van der Waals surface area contributed by atoms with Gasteiger partial charge in [0, 0.05) is 28.5 Å². The van der Waals surface area contributed by atoms with Gasteiger partial charge in [-0.05, 0) is 55.0 Å². The lowest BCUT2D eigenvalue weighted by Crippen LogP contribution is -2.30. The Balaban J connectivity index is 1.43. The number of hydrogen-bond acceptors (Lipinski definition) is 8. The molecule has 0 saturated heterocycles. The van der Waals surface area contributed by atoms with Crippen LogP contribution in [0.2, 0.25) is 0 Å². The van der Waals surface area contributed by atoms with Crippen molar-refractivity contribution < 1.29 is 14.4 Å². The van der Waals surface area contributed by atoms with Crippen molar-refractivity contribution >= 4 is 57.7 Å². The van der Waals surface area contributed by atoms with Crippen molar-refractivity contribution in [1.29, 1.82) is 0 Å². The molecule has 186 valence electrons. The van der Waals surface area contributed by atoms with Crippen molar-refractivity contribution in [3.05, 3.63) is 101 Å². The van der Waals surface area contributed by atoms with Gasteiger partial charge in [0.05, 0.1) is 5.75 Å². The summed E-state index contributed by atoms with van der Waals surface area (Å²) < 4.78 is 0. The van der Waals surface area contributed by atoms with Crippen molar-refractivity contribution in [2.24, 2.45) is 0 Å². The van der Waals surface area contributed by atoms with Gasteiger partial charge in [-0.15, -0.1) is 22.0 Å². The second-order valence-electron chi connectivity index (χ2n) is 7.61. The van der Waals surface area contributed by atoms with Crippen LogP contribution >= 0.6 is 23.1 Å². The van der Waals surface area contributed by atoms with E-state index in [9.17, 15) is 14.4 Å². The summed E-state index contributed by atoms with van der Waals surface area (Å²) in [6.07, 6.45) is 4.77. The van der Waals surface area contributed by atoms with Crippen LogP contribution in [-0.4, -0.2) is 38.7 Å². The Kier molecular flexibility index (Phi) is 8.74. The largest absolute Gasteiger partial charge is 0.321 e. The first-order chi connectivity index (χ1) is 18.0. The number of pyridine rings is 1. The topological polar surface area (TPSA) is 126 Å². The summed E-state index contributed by atoms with van der Waals surface area (Å²) in [5.74, 6) is -0.956. The van der Waals surface area contributed by atoms with Crippen molar-refractivity contribution in [3.8, 4) is 0 Å². The van der Waals surface area contributed by atoms with E-state index in [1.807, 2.05) is 19.1 Å². The summed E-state index contributed by atoms with van der Waals surface area (Å²) in [5, 5.41) is 17.2. The summed E-state index contributed by atoms with van der Waals surface area (Å²) in [4.78, 5) is 43.0. The maximum Gasteiger partial charge on any atom is 0.272 e. The number of aryl methyl sites for hydroxylation is 1. The first-order valence-electron chi connectivity index (χ1n) is 11.1. The molecule has 0 bridgehead atoms. The second kappa shape index (κ2) is 12.6. The zero-order valence-corrected chi connectivity index (χ0v) is 21.3.